The first kappa shape index (κ1) is 25.1. The molecular weight excluding hydrogens is 472 g/mol. The van der Waals surface area contributed by atoms with Crippen molar-refractivity contribution in [1.82, 2.24) is 9.55 Å². The Morgan fingerprint density at radius 1 is 1.36 bits per heavy atom. The topological polar surface area (TPSA) is 101 Å². The molecule has 0 saturated heterocycles. The first-order valence-corrected chi connectivity index (χ1v) is 12.1. The number of ether oxygens (including phenoxy) is 1. The average Bonchev–Trinajstić information content (AvgIpc) is 3.31. The lowest BCUT2D eigenvalue weighted by molar-refractivity contribution is 0.413. The number of nitrogens with two attached hydrogens (primary N) is 1. The van der Waals surface area contributed by atoms with E-state index in [1.807, 2.05) is 60.2 Å². The van der Waals surface area contributed by atoms with Crippen LogP contribution in [-0.4, -0.2) is 22.4 Å². The summed E-state index contributed by atoms with van der Waals surface area (Å²) in [7, 11) is 1.63. The van der Waals surface area contributed by atoms with Crippen molar-refractivity contribution < 1.29 is 4.74 Å². The maximum atomic E-state index is 9.78. The molecule has 1 fully saturated rings. The summed E-state index contributed by atoms with van der Waals surface area (Å²) >= 11 is 6.15. The highest BCUT2D eigenvalue weighted by Gasteiger charge is 2.42. The molecule has 0 bridgehead atoms. The van der Waals surface area contributed by atoms with Crippen LogP contribution in [0.4, 0.5) is 5.69 Å². The predicted octanol–water partition coefficient (Wildman–Crippen LogP) is 6.05. The third-order valence-corrected chi connectivity index (χ3v) is 6.74. The Morgan fingerprint density at radius 3 is 2.78 bits per heavy atom. The number of aryl methyl sites for hydroxylation is 1. The summed E-state index contributed by atoms with van der Waals surface area (Å²) in [4.78, 5) is 9.21. The van der Waals surface area contributed by atoms with Crippen molar-refractivity contribution in [2.45, 2.75) is 38.0 Å². The molecule has 1 aliphatic rings. The first-order chi connectivity index (χ1) is 17.4. The molecule has 1 aliphatic carbocycles. The number of methoxy groups -OCH3 is 1. The van der Waals surface area contributed by atoms with Crippen LogP contribution in [0.2, 0.25) is 5.02 Å². The highest BCUT2D eigenvalue weighted by molar-refractivity contribution is 6.30. The number of hydrogen-bond acceptors (Lipinski definition) is 6. The average molecular weight is 501 g/mol. The monoisotopic (exact) mass is 500 g/mol. The molecule has 36 heavy (non-hydrogen) atoms. The number of nitriles is 1. The molecule has 3 aromatic rings. The van der Waals surface area contributed by atoms with Crippen LogP contribution >= 0.6 is 11.6 Å². The molecule has 1 unspecified atom stereocenters. The van der Waals surface area contributed by atoms with Crippen LogP contribution in [0, 0.1) is 18.3 Å². The molecule has 8 heteroatoms. The van der Waals surface area contributed by atoms with Crippen molar-refractivity contribution in [2.24, 2.45) is 10.7 Å². The Labute approximate surface area is 216 Å². The van der Waals surface area contributed by atoms with Gasteiger partial charge < -0.3 is 20.4 Å². The minimum Gasteiger partial charge on any atom is -0.494 e. The van der Waals surface area contributed by atoms with Crippen LogP contribution in [0.1, 0.15) is 36.9 Å². The number of allylic oxidation sites excluding steroid dienone is 1. The van der Waals surface area contributed by atoms with Gasteiger partial charge in [-0.2, -0.15) is 5.26 Å². The third kappa shape index (κ3) is 5.00. The molecule has 1 atom stereocenters. The number of hydrogen-bond donors (Lipinski definition) is 2. The van der Waals surface area contributed by atoms with Crippen LogP contribution in [0.3, 0.4) is 0 Å². The van der Waals surface area contributed by atoms with Crippen LogP contribution in [-0.2, 0) is 5.41 Å². The number of aromatic nitrogens is 2. The fraction of sp³-hybridized carbons (Fsp3) is 0.250. The van der Waals surface area contributed by atoms with E-state index in [4.69, 9.17) is 27.1 Å². The van der Waals surface area contributed by atoms with Gasteiger partial charge in [0.15, 0.2) is 0 Å². The minimum atomic E-state index is -0.603. The molecule has 7 nitrogen and oxygen atoms in total. The molecule has 2 aromatic carbocycles. The summed E-state index contributed by atoms with van der Waals surface area (Å²) < 4.78 is 7.53. The van der Waals surface area contributed by atoms with Gasteiger partial charge >= 0.3 is 0 Å². The lowest BCUT2D eigenvalue weighted by Gasteiger charge is -2.39. The van der Waals surface area contributed by atoms with E-state index < -0.39 is 5.41 Å². The molecule has 0 amide bonds. The normalized spacial score (nSPS) is 19.7. The summed E-state index contributed by atoms with van der Waals surface area (Å²) in [5, 5.41) is 13.7. The number of nitrogens with zero attached hydrogens (tertiary/aromatic N) is 4. The fourth-order valence-electron chi connectivity index (χ4n) is 4.78. The first-order valence-electron chi connectivity index (χ1n) is 11.7. The molecule has 1 saturated carbocycles. The van der Waals surface area contributed by atoms with E-state index in [-0.39, 0.29) is 6.42 Å². The van der Waals surface area contributed by atoms with E-state index >= 15 is 0 Å². The lowest BCUT2D eigenvalue weighted by Crippen LogP contribution is -2.40. The van der Waals surface area contributed by atoms with Gasteiger partial charge in [0, 0.05) is 23.0 Å². The Kier molecular flexibility index (Phi) is 7.47. The molecule has 1 aromatic heterocycles. The molecule has 0 spiro atoms. The van der Waals surface area contributed by atoms with Gasteiger partial charge in [-0.15, -0.1) is 0 Å². The van der Waals surface area contributed by atoms with Gasteiger partial charge in [-0.1, -0.05) is 30.3 Å². The van der Waals surface area contributed by atoms with Crippen molar-refractivity contribution in [3.05, 3.63) is 95.4 Å². The van der Waals surface area contributed by atoms with E-state index in [1.165, 1.54) is 0 Å². The standard InChI is InChI=1S/C28H29ClN6O/c1-19-17-35(18-32-19)25-11-10-24(15-26(25)36-3)33-20(2)34-27-21(16-31)5-4-12-28(27,13-14-30)22-6-8-23(29)9-7-22/h6-11,15-18,33H,2,4-5,12-13,31H2,1,3H3/b21-16-,34-27?. The molecule has 0 radical (unpaired) electrons. The van der Waals surface area contributed by atoms with Gasteiger partial charge in [-0.3, -0.25) is 0 Å². The molecular formula is C28H29ClN6O. The number of anilines is 1. The van der Waals surface area contributed by atoms with Crippen LogP contribution in [0.5, 0.6) is 5.75 Å². The molecule has 1 heterocycles. The Bertz CT molecular complexity index is 1370. The zero-order valence-corrected chi connectivity index (χ0v) is 21.2. The van der Waals surface area contributed by atoms with Gasteiger partial charge in [0.1, 0.15) is 11.6 Å². The third-order valence-electron chi connectivity index (χ3n) is 6.49. The number of benzene rings is 2. The summed E-state index contributed by atoms with van der Waals surface area (Å²) in [6.45, 7) is 6.10. The van der Waals surface area contributed by atoms with E-state index in [0.29, 0.717) is 16.6 Å². The van der Waals surface area contributed by atoms with Gasteiger partial charge in [0.05, 0.1) is 48.4 Å². The van der Waals surface area contributed by atoms with E-state index in [1.54, 1.807) is 19.6 Å². The lowest BCUT2D eigenvalue weighted by atomic mass is 9.64. The highest BCUT2D eigenvalue weighted by atomic mass is 35.5. The van der Waals surface area contributed by atoms with Crippen molar-refractivity contribution >= 4 is 23.0 Å². The molecule has 184 valence electrons. The van der Waals surface area contributed by atoms with Crippen molar-refractivity contribution in [2.75, 3.05) is 12.4 Å². The van der Waals surface area contributed by atoms with Crippen LogP contribution in [0.25, 0.3) is 5.69 Å². The van der Waals surface area contributed by atoms with Gasteiger partial charge in [-0.25, -0.2) is 9.98 Å². The summed E-state index contributed by atoms with van der Waals surface area (Å²) in [5.41, 5.74) is 10.7. The fourth-order valence-corrected chi connectivity index (χ4v) is 4.90. The Hall–Kier alpha value is -4.02. The van der Waals surface area contributed by atoms with E-state index in [0.717, 1.165) is 53.2 Å². The van der Waals surface area contributed by atoms with Gasteiger partial charge in [0.25, 0.3) is 0 Å². The summed E-state index contributed by atoms with van der Waals surface area (Å²) in [6.07, 6.45) is 8.02. The predicted molar refractivity (Wildman–Crippen MR) is 145 cm³/mol. The number of rotatable bonds is 7. The molecule has 4 rings (SSSR count). The Morgan fingerprint density at radius 2 is 2.14 bits per heavy atom. The van der Waals surface area contributed by atoms with Crippen molar-refractivity contribution in [1.29, 1.82) is 5.26 Å². The number of halogens is 1. The van der Waals surface area contributed by atoms with E-state index in [9.17, 15) is 5.26 Å². The second-order valence-corrected chi connectivity index (χ2v) is 9.25. The van der Waals surface area contributed by atoms with Gasteiger partial charge in [0.2, 0.25) is 0 Å². The quantitative estimate of drug-likeness (QED) is 0.411. The largest absolute Gasteiger partial charge is 0.494 e. The van der Waals surface area contributed by atoms with Crippen molar-refractivity contribution in [3.8, 4) is 17.5 Å². The van der Waals surface area contributed by atoms with E-state index in [2.05, 4.69) is 22.9 Å². The maximum absolute atomic E-state index is 9.78. The number of aliphatic imine (C=N–C) groups is 1. The summed E-state index contributed by atoms with van der Waals surface area (Å²) in [6, 6.07) is 15.8. The summed E-state index contributed by atoms with van der Waals surface area (Å²) in [5.74, 6) is 1.12. The minimum absolute atomic E-state index is 0.269. The molecule has 3 N–H and O–H groups in total. The number of imidazole rings is 1. The van der Waals surface area contributed by atoms with Gasteiger partial charge in [-0.05, 0) is 67.8 Å². The molecule has 0 aliphatic heterocycles. The zero-order chi connectivity index (χ0) is 25.7. The highest BCUT2D eigenvalue weighted by Crippen LogP contribution is 2.43. The second-order valence-electron chi connectivity index (χ2n) is 8.81. The zero-order valence-electron chi connectivity index (χ0n) is 20.5. The van der Waals surface area contributed by atoms with Crippen LogP contribution in [0.15, 0.2) is 84.2 Å². The van der Waals surface area contributed by atoms with Crippen molar-refractivity contribution in [3.63, 3.8) is 0 Å². The number of nitrogens with one attached hydrogen (secondary N) is 1. The Balaban J connectivity index is 1.69. The second kappa shape index (κ2) is 10.7. The maximum Gasteiger partial charge on any atom is 0.144 e. The smallest absolute Gasteiger partial charge is 0.144 e. The van der Waals surface area contributed by atoms with Crippen LogP contribution < -0.4 is 15.8 Å². The SMILES string of the molecule is C=C(N=C1/C(=C\N)CCCC1(CC#N)c1ccc(Cl)cc1)Nc1ccc(-n2cnc(C)c2)c(OC)c1.